The molecule has 0 atom stereocenters. The number of ether oxygens (including phenoxy) is 2. The number of carbonyl (C=O) groups is 1. The molecule has 0 spiro atoms. The quantitative estimate of drug-likeness (QED) is 0.227. The van der Waals surface area contributed by atoms with Crippen LogP contribution in [0, 0.1) is 41.1 Å². The first-order valence-electron chi connectivity index (χ1n) is 14.6. The normalized spacial score (nSPS) is 24.8. The second kappa shape index (κ2) is 11.7. The minimum atomic E-state index is -1.10. The summed E-state index contributed by atoms with van der Waals surface area (Å²) in [6, 6.07) is 4.67. The number of benzene rings is 2. The molecule has 5 rings (SSSR count). The van der Waals surface area contributed by atoms with Crippen LogP contribution in [-0.2, 0) is 17.6 Å². The van der Waals surface area contributed by atoms with Crippen molar-refractivity contribution in [2.75, 3.05) is 0 Å². The summed E-state index contributed by atoms with van der Waals surface area (Å²) < 4.78 is 55.7. The van der Waals surface area contributed by atoms with Gasteiger partial charge < -0.3 is 9.47 Å². The largest absolute Gasteiger partial charge is 0.450 e. The zero-order chi connectivity index (χ0) is 26.8. The van der Waals surface area contributed by atoms with Crippen molar-refractivity contribution in [2.24, 2.45) is 23.7 Å². The fourth-order valence-corrected chi connectivity index (χ4v) is 7.00. The van der Waals surface area contributed by atoms with E-state index in [0.29, 0.717) is 35.4 Å². The highest BCUT2D eigenvalue weighted by atomic mass is 19.2. The summed E-state index contributed by atoms with van der Waals surface area (Å²) >= 11 is 0. The zero-order valence-corrected chi connectivity index (χ0v) is 22.6. The van der Waals surface area contributed by atoms with Crippen molar-refractivity contribution in [3.8, 4) is 17.2 Å². The lowest BCUT2D eigenvalue weighted by atomic mass is 9.69. The Bertz CT molecular complexity index is 1160. The molecule has 0 saturated heterocycles. The van der Waals surface area contributed by atoms with Gasteiger partial charge in [0.1, 0.15) is 0 Å². The van der Waals surface area contributed by atoms with Gasteiger partial charge in [0.05, 0.1) is 5.92 Å². The Balaban J connectivity index is 1.21. The Morgan fingerprint density at radius 1 is 0.842 bits per heavy atom. The van der Waals surface area contributed by atoms with Crippen molar-refractivity contribution in [1.82, 2.24) is 0 Å². The molecule has 2 aromatic rings. The lowest BCUT2D eigenvalue weighted by molar-refractivity contribution is -0.140. The maximum absolute atomic E-state index is 15.4. The standard InChI is InChI=1S/C32H39F3O3/c1-3-5-19-7-9-20(10-8-19)21-11-13-22(14-12-21)32(36)37-26-16-15-24-18-25-17-23(6-4-2)27(33)29(35)31(25)38-30(24)28(26)34/h15-17,19-22H,3-14,18H2,1-2H3. The van der Waals surface area contributed by atoms with Crippen LogP contribution in [0.4, 0.5) is 13.2 Å². The molecule has 38 heavy (non-hydrogen) atoms. The topological polar surface area (TPSA) is 35.5 Å². The second-order valence-electron chi connectivity index (χ2n) is 11.6. The van der Waals surface area contributed by atoms with E-state index in [9.17, 15) is 13.6 Å². The van der Waals surface area contributed by atoms with Gasteiger partial charge in [-0.25, -0.2) is 4.39 Å². The molecule has 2 saturated carbocycles. The van der Waals surface area contributed by atoms with Crippen LogP contribution in [0.2, 0.25) is 0 Å². The third kappa shape index (κ3) is 5.46. The van der Waals surface area contributed by atoms with E-state index in [1.807, 2.05) is 6.92 Å². The van der Waals surface area contributed by atoms with Gasteiger partial charge in [0.2, 0.25) is 11.6 Å². The van der Waals surface area contributed by atoms with Crippen LogP contribution < -0.4 is 9.47 Å². The van der Waals surface area contributed by atoms with Crippen LogP contribution >= 0.6 is 0 Å². The minimum absolute atomic E-state index is 0.202. The Morgan fingerprint density at radius 2 is 1.50 bits per heavy atom. The number of carbonyl (C=O) groups excluding carboxylic acids is 1. The number of hydrogen-bond acceptors (Lipinski definition) is 3. The first-order valence-corrected chi connectivity index (χ1v) is 14.6. The fraction of sp³-hybridized carbons (Fsp3) is 0.594. The van der Waals surface area contributed by atoms with Crippen LogP contribution in [0.25, 0.3) is 0 Å². The van der Waals surface area contributed by atoms with E-state index >= 15 is 4.39 Å². The van der Waals surface area contributed by atoms with Crippen LogP contribution in [0.3, 0.4) is 0 Å². The third-order valence-electron chi connectivity index (χ3n) is 9.13. The molecule has 2 aliphatic carbocycles. The van der Waals surface area contributed by atoms with Crippen molar-refractivity contribution >= 4 is 5.97 Å². The van der Waals surface area contributed by atoms with Gasteiger partial charge in [-0.2, -0.15) is 8.78 Å². The maximum atomic E-state index is 15.4. The summed E-state index contributed by atoms with van der Waals surface area (Å²) in [5.74, 6) is -1.98. The molecule has 1 aliphatic heterocycles. The van der Waals surface area contributed by atoms with Gasteiger partial charge in [-0.1, -0.05) is 52.0 Å². The molecule has 0 N–H and O–H groups in total. The van der Waals surface area contributed by atoms with Crippen LogP contribution in [-0.4, -0.2) is 5.97 Å². The monoisotopic (exact) mass is 528 g/mol. The Kier molecular flexibility index (Phi) is 8.35. The fourth-order valence-electron chi connectivity index (χ4n) is 7.00. The summed E-state index contributed by atoms with van der Waals surface area (Å²) in [6.45, 7) is 4.16. The van der Waals surface area contributed by atoms with Gasteiger partial charge in [0, 0.05) is 17.5 Å². The Morgan fingerprint density at radius 3 is 2.16 bits per heavy atom. The van der Waals surface area contributed by atoms with Crippen molar-refractivity contribution in [3.05, 3.63) is 52.3 Å². The van der Waals surface area contributed by atoms with Crippen molar-refractivity contribution < 1.29 is 27.4 Å². The molecule has 0 radical (unpaired) electrons. The zero-order valence-electron chi connectivity index (χ0n) is 22.6. The molecule has 206 valence electrons. The molecular weight excluding hydrogens is 489 g/mol. The van der Waals surface area contributed by atoms with Crippen LogP contribution in [0.15, 0.2) is 18.2 Å². The molecule has 2 aromatic carbocycles. The second-order valence-corrected chi connectivity index (χ2v) is 11.6. The smallest absolute Gasteiger partial charge is 0.314 e. The summed E-state index contributed by atoms with van der Waals surface area (Å²) in [5.41, 5.74) is 1.29. The lowest BCUT2D eigenvalue weighted by Gasteiger charge is -2.37. The van der Waals surface area contributed by atoms with Gasteiger partial charge in [0.15, 0.2) is 23.1 Å². The Hall–Kier alpha value is -2.50. The van der Waals surface area contributed by atoms with Gasteiger partial charge in [-0.15, -0.1) is 0 Å². The molecule has 1 heterocycles. The molecule has 0 amide bonds. The van der Waals surface area contributed by atoms with E-state index in [0.717, 1.165) is 37.5 Å². The average Bonchev–Trinajstić information content (AvgIpc) is 2.93. The lowest BCUT2D eigenvalue weighted by Crippen LogP contribution is -2.30. The number of fused-ring (bicyclic) bond motifs is 2. The molecule has 0 unspecified atom stereocenters. The number of esters is 1. The predicted octanol–water partition coefficient (Wildman–Crippen LogP) is 9.07. The van der Waals surface area contributed by atoms with Crippen molar-refractivity contribution in [1.29, 1.82) is 0 Å². The highest BCUT2D eigenvalue weighted by Gasteiger charge is 2.35. The van der Waals surface area contributed by atoms with Gasteiger partial charge in [-0.3, -0.25) is 4.79 Å². The maximum Gasteiger partial charge on any atom is 0.314 e. The molecular formula is C32H39F3O3. The molecule has 0 bridgehead atoms. The van der Waals surface area contributed by atoms with E-state index < -0.39 is 23.4 Å². The molecule has 6 heteroatoms. The van der Waals surface area contributed by atoms with Gasteiger partial charge >= 0.3 is 5.97 Å². The predicted molar refractivity (Wildman–Crippen MR) is 141 cm³/mol. The molecule has 0 aromatic heterocycles. The first-order chi connectivity index (χ1) is 18.4. The van der Waals surface area contributed by atoms with E-state index in [-0.39, 0.29) is 29.6 Å². The minimum Gasteiger partial charge on any atom is -0.450 e. The van der Waals surface area contributed by atoms with Gasteiger partial charge in [0.25, 0.3) is 0 Å². The number of halogens is 3. The third-order valence-corrected chi connectivity index (χ3v) is 9.13. The Labute approximate surface area is 224 Å². The highest BCUT2D eigenvalue weighted by molar-refractivity contribution is 5.75. The van der Waals surface area contributed by atoms with Gasteiger partial charge in [-0.05, 0) is 80.4 Å². The van der Waals surface area contributed by atoms with E-state index in [1.165, 1.54) is 44.6 Å². The van der Waals surface area contributed by atoms with E-state index in [4.69, 9.17) is 9.47 Å². The molecule has 2 fully saturated rings. The average molecular weight is 529 g/mol. The summed E-state index contributed by atoms with van der Waals surface area (Å²) in [6.07, 6.45) is 12.7. The van der Waals surface area contributed by atoms with Crippen molar-refractivity contribution in [2.45, 2.75) is 97.3 Å². The SMILES string of the molecule is CCCc1cc2c(c(F)c1F)Oc1c(ccc(OC(=O)C3CCC(C4CCC(CCC)CC4)CC3)c1F)C2. The van der Waals surface area contributed by atoms with E-state index in [2.05, 4.69) is 6.92 Å². The molecule has 3 nitrogen and oxygen atoms in total. The molecule has 3 aliphatic rings. The summed E-state index contributed by atoms with van der Waals surface area (Å²) in [5, 5.41) is 0. The highest BCUT2D eigenvalue weighted by Crippen LogP contribution is 2.45. The summed E-state index contributed by atoms with van der Waals surface area (Å²) in [7, 11) is 0. The first kappa shape index (κ1) is 27.1. The van der Waals surface area contributed by atoms with Crippen LogP contribution in [0.5, 0.6) is 17.2 Å². The number of rotatable bonds is 7. The van der Waals surface area contributed by atoms with Crippen molar-refractivity contribution in [3.63, 3.8) is 0 Å². The van der Waals surface area contributed by atoms with E-state index in [1.54, 1.807) is 12.1 Å². The summed E-state index contributed by atoms with van der Waals surface area (Å²) in [4.78, 5) is 12.9. The number of aryl methyl sites for hydroxylation is 1. The number of hydrogen-bond donors (Lipinski definition) is 0. The van der Waals surface area contributed by atoms with Crippen LogP contribution in [0.1, 0.15) is 101 Å².